The van der Waals surface area contributed by atoms with Gasteiger partial charge in [0.05, 0.1) is 0 Å². The quantitative estimate of drug-likeness (QED) is 0.357. The number of allylic oxidation sites excluding steroid dienone is 1. The minimum absolute atomic E-state index is 0.358. The minimum Gasteiger partial charge on any atom is -0.492 e. The first kappa shape index (κ1) is 24.0. The van der Waals surface area contributed by atoms with Crippen molar-refractivity contribution in [2.24, 2.45) is 0 Å². The van der Waals surface area contributed by atoms with E-state index in [9.17, 15) is 9.59 Å². The van der Waals surface area contributed by atoms with E-state index >= 15 is 0 Å². The molecule has 1 atom stereocenters. The van der Waals surface area contributed by atoms with E-state index in [4.69, 9.17) is 9.47 Å². The fourth-order valence-corrected chi connectivity index (χ4v) is 5.11. The normalized spacial score (nSPS) is 17.8. The number of aldehydes is 2. The molecule has 0 aromatic heterocycles. The lowest BCUT2D eigenvalue weighted by Gasteiger charge is -2.31. The second-order valence-electron chi connectivity index (χ2n) is 9.47. The standard InChI is InChI=1S/C31H31NO4/c1-22-28-14-7-24(21-34)19-29(28)36-31(30(22)25-8-5-23(20-33)6-9-25)26-10-12-27(13-11-26)35-18-17-32-15-3-2-4-16-32/h5-14,19-21,31H,2-4,15-18H2,1H3/t31-/m1/s1. The highest BCUT2D eigenvalue weighted by molar-refractivity contribution is 5.96. The first-order valence-electron chi connectivity index (χ1n) is 12.6. The maximum absolute atomic E-state index is 11.4. The van der Waals surface area contributed by atoms with Gasteiger partial charge >= 0.3 is 0 Å². The molecule has 2 heterocycles. The number of hydrogen-bond donors (Lipinski definition) is 0. The molecule has 5 nitrogen and oxygen atoms in total. The zero-order valence-corrected chi connectivity index (χ0v) is 20.6. The fourth-order valence-electron chi connectivity index (χ4n) is 5.11. The molecule has 5 rings (SSSR count). The molecule has 0 amide bonds. The van der Waals surface area contributed by atoms with Gasteiger partial charge in [0.15, 0.2) is 0 Å². The van der Waals surface area contributed by atoms with Gasteiger partial charge in [-0.05, 0) is 67.8 Å². The van der Waals surface area contributed by atoms with Gasteiger partial charge in [-0.1, -0.05) is 55.0 Å². The molecule has 5 heteroatoms. The minimum atomic E-state index is -0.358. The summed E-state index contributed by atoms with van der Waals surface area (Å²) in [5.41, 5.74) is 6.29. The third-order valence-electron chi connectivity index (χ3n) is 7.12. The second-order valence-corrected chi connectivity index (χ2v) is 9.47. The van der Waals surface area contributed by atoms with Crippen LogP contribution >= 0.6 is 0 Å². The molecular weight excluding hydrogens is 450 g/mol. The molecule has 0 unspecified atom stereocenters. The molecule has 0 spiro atoms. The van der Waals surface area contributed by atoms with Crippen LogP contribution in [0.5, 0.6) is 11.5 Å². The summed E-state index contributed by atoms with van der Waals surface area (Å²) >= 11 is 0. The van der Waals surface area contributed by atoms with Crippen molar-refractivity contribution in [1.82, 2.24) is 4.90 Å². The lowest BCUT2D eigenvalue weighted by atomic mass is 9.85. The van der Waals surface area contributed by atoms with E-state index in [0.717, 1.165) is 65.8 Å². The van der Waals surface area contributed by atoms with Crippen molar-refractivity contribution in [2.45, 2.75) is 32.3 Å². The van der Waals surface area contributed by atoms with Crippen molar-refractivity contribution in [1.29, 1.82) is 0 Å². The van der Waals surface area contributed by atoms with Crippen molar-refractivity contribution in [3.05, 3.63) is 94.5 Å². The Kier molecular flexibility index (Phi) is 7.28. The second kappa shape index (κ2) is 10.9. The average molecular weight is 482 g/mol. The van der Waals surface area contributed by atoms with Crippen LogP contribution in [0.4, 0.5) is 0 Å². The van der Waals surface area contributed by atoms with Crippen LogP contribution in [-0.4, -0.2) is 43.7 Å². The first-order chi connectivity index (χ1) is 17.7. The number of carbonyl (C=O) groups is 2. The Bertz CT molecular complexity index is 1250. The highest BCUT2D eigenvalue weighted by Gasteiger charge is 2.29. The lowest BCUT2D eigenvalue weighted by Crippen LogP contribution is -2.33. The molecule has 1 fully saturated rings. The Morgan fingerprint density at radius 2 is 1.58 bits per heavy atom. The third-order valence-corrected chi connectivity index (χ3v) is 7.12. The largest absolute Gasteiger partial charge is 0.492 e. The number of likely N-dealkylation sites (tertiary alicyclic amines) is 1. The number of rotatable bonds is 8. The Hall–Kier alpha value is -3.70. The summed E-state index contributed by atoms with van der Waals surface area (Å²) in [6, 6.07) is 21.2. The summed E-state index contributed by atoms with van der Waals surface area (Å²) in [7, 11) is 0. The molecule has 36 heavy (non-hydrogen) atoms. The van der Waals surface area contributed by atoms with Crippen LogP contribution in [0, 0.1) is 0 Å². The van der Waals surface area contributed by atoms with Crippen molar-refractivity contribution >= 4 is 23.7 Å². The fraction of sp³-hybridized carbons (Fsp3) is 0.290. The molecule has 0 N–H and O–H groups in total. The predicted molar refractivity (Wildman–Crippen MR) is 142 cm³/mol. The maximum atomic E-state index is 11.4. The van der Waals surface area contributed by atoms with E-state index in [-0.39, 0.29) is 6.10 Å². The van der Waals surface area contributed by atoms with Crippen LogP contribution in [-0.2, 0) is 0 Å². The van der Waals surface area contributed by atoms with Gasteiger partial charge in [-0.15, -0.1) is 0 Å². The Labute approximate surface area is 212 Å². The molecule has 0 saturated carbocycles. The van der Waals surface area contributed by atoms with Crippen LogP contribution in [0.25, 0.3) is 11.1 Å². The number of carbonyl (C=O) groups excluding carboxylic acids is 2. The number of ether oxygens (including phenoxy) is 2. The van der Waals surface area contributed by atoms with Crippen LogP contribution < -0.4 is 9.47 Å². The van der Waals surface area contributed by atoms with Gasteiger partial charge < -0.3 is 9.47 Å². The first-order valence-corrected chi connectivity index (χ1v) is 12.6. The van der Waals surface area contributed by atoms with Gasteiger partial charge in [0.25, 0.3) is 0 Å². The number of nitrogens with zero attached hydrogens (tertiary/aromatic N) is 1. The number of hydrogen-bond acceptors (Lipinski definition) is 5. The molecule has 0 radical (unpaired) electrons. The monoisotopic (exact) mass is 481 g/mol. The highest BCUT2D eigenvalue weighted by Crippen LogP contribution is 2.46. The molecule has 3 aromatic carbocycles. The van der Waals surface area contributed by atoms with E-state index in [1.54, 1.807) is 6.07 Å². The summed E-state index contributed by atoms with van der Waals surface area (Å²) in [5, 5.41) is 0. The van der Waals surface area contributed by atoms with E-state index in [1.807, 2.05) is 60.7 Å². The molecule has 0 aliphatic carbocycles. The number of piperidine rings is 1. The molecule has 0 bridgehead atoms. The molecule has 2 aliphatic rings. The molecular formula is C31H31NO4. The Morgan fingerprint density at radius 3 is 2.28 bits per heavy atom. The van der Waals surface area contributed by atoms with E-state index in [1.165, 1.54) is 19.3 Å². The zero-order chi connectivity index (χ0) is 24.9. The summed E-state index contributed by atoms with van der Waals surface area (Å²) in [4.78, 5) is 25.0. The predicted octanol–water partition coefficient (Wildman–Crippen LogP) is 6.24. The van der Waals surface area contributed by atoms with E-state index in [2.05, 4.69) is 11.8 Å². The molecule has 2 aliphatic heterocycles. The summed E-state index contributed by atoms with van der Waals surface area (Å²) in [6.07, 6.45) is 5.21. The van der Waals surface area contributed by atoms with Crippen molar-refractivity contribution in [2.75, 3.05) is 26.2 Å². The van der Waals surface area contributed by atoms with Crippen molar-refractivity contribution < 1.29 is 19.1 Å². The highest BCUT2D eigenvalue weighted by atomic mass is 16.5. The SMILES string of the molecule is CC1=C(c2ccc(C=O)cc2)[C@@H](c2ccc(OCCN3CCCCC3)cc2)Oc2cc(C=O)ccc21. The van der Waals surface area contributed by atoms with Gasteiger partial charge in [-0.3, -0.25) is 14.5 Å². The van der Waals surface area contributed by atoms with Gasteiger partial charge in [-0.25, -0.2) is 0 Å². The van der Waals surface area contributed by atoms with Crippen LogP contribution in [0.2, 0.25) is 0 Å². The smallest absolute Gasteiger partial charge is 0.150 e. The van der Waals surface area contributed by atoms with Crippen LogP contribution in [0.15, 0.2) is 66.7 Å². The lowest BCUT2D eigenvalue weighted by molar-refractivity contribution is 0.111. The van der Waals surface area contributed by atoms with Gasteiger partial charge in [0.1, 0.15) is 36.8 Å². The summed E-state index contributed by atoms with van der Waals surface area (Å²) in [5.74, 6) is 1.53. The Balaban J connectivity index is 1.41. The maximum Gasteiger partial charge on any atom is 0.150 e. The number of fused-ring (bicyclic) bond motifs is 1. The van der Waals surface area contributed by atoms with Crippen LogP contribution in [0.3, 0.4) is 0 Å². The van der Waals surface area contributed by atoms with E-state index in [0.29, 0.717) is 23.5 Å². The van der Waals surface area contributed by atoms with Gasteiger partial charge in [-0.2, -0.15) is 0 Å². The van der Waals surface area contributed by atoms with Crippen molar-refractivity contribution in [3.8, 4) is 11.5 Å². The molecule has 1 saturated heterocycles. The number of benzene rings is 3. The van der Waals surface area contributed by atoms with Crippen molar-refractivity contribution in [3.63, 3.8) is 0 Å². The third kappa shape index (κ3) is 5.12. The Morgan fingerprint density at radius 1 is 0.889 bits per heavy atom. The van der Waals surface area contributed by atoms with Gasteiger partial charge in [0.2, 0.25) is 0 Å². The average Bonchev–Trinajstić information content (AvgIpc) is 2.94. The van der Waals surface area contributed by atoms with Crippen LogP contribution in [0.1, 0.15) is 69.7 Å². The summed E-state index contributed by atoms with van der Waals surface area (Å²) in [6.45, 7) is 6.03. The molecule has 3 aromatic rings. The van der Waals surface area contributed by atoms with E-state index < -0.39 is 0 Å². The summed E-state index contributed by atoms with van der Waals surface area (Å²) < 4.78 is 12.6. The molecule has 184 valence electrons. The topological polar surface area (TPSA) is 55.8 Å². The zero-order valence-electron chi connectivity index (χ0n) is 20.6. The van der Waals surface area contributed by atoms with Gasteiger partial charge in [0, 0.05) is 28.8 Å².